The number of fused-ring (bicyclic) bond motifs is 1. The van der Waals surface area contributed by atoms with Crippen molar-refractivity contribution in [2.75, 3.05) is 26.3 Å². The average Bonchev–Trinajstić information content (AvgIpc) is 3.15. The predicted octanol–water partition coefficient (Wildman–Crippen LogP) is 3.44. The molecule has 1 aromatic heterocycles. The lowest BCUT2D eigenvalue weighted by molar-refractivity contribution is 0.0730. The maximum atomic E-state index is 13.0. The van der Waals surface area contributed by atoms with E-state index in [1.807, 2.05) is 48.7 Å². The summed E-state index contributed by atoms with van der Waals surface area (Å²) >= 11 is 1.39. The van der Waals surface area contributed by atoms with Crippen molar-refractivity contribution in [3.05, 3.63) is 54.1 Å². The fourth-order valence-electron chi connectivity index (χ4n) is 3.63. The third-order valence-electron chi connectivity index (χ3n) is 5.32. The zero-order valence-corrected chi connectivity index (χ0v) is 19.2. The first-order valence-electron chi connectivity index (χ1n) is 10.3. The van der Waals surface area contributed by atoms with E-state index in [1.54, 1.807) is 18.2 Å². The Morgan fingerprint density at radius 2 is 1.87 bits per heavy atom. The van der Waals surface area contributed by atoms with Crippen molar-refractivity contribution < 1.29 is 17.9 Å². The van der Waals surface area contributed by atoms with Crippen LogP contribution in [-0.4, -0.2) is 59.6 Å². The second-order valence-corrected chi connectivity index (χ2v) is 10.5. The van der Waals surface area contributed by atoms with Crippen LogP contribution in [0.15, 0.2) is 58.6 Å². The number of Topliss-reactive ketones (excluding diaryl/α,β-unsaturated/α-hetero) is 1. The maximum absolute atomic E-state index is 13.0. The third kappa shape index (κ3) is 4.41. The highest BCUT2D eigenvalue weighted by atomic mass is 32.2. The van der Waals surface area contributed by atoms with Crippen molar-refractivity contribution in [1.29, 1.82) is 0 Å². The average molecular weight is 460 g/mol. The number of imidazole rings is 1. The molecule has 0 unspecified atom stereocenters. The predicted molar refractivity (Wildman–Crippen MR) is 121 cm³/mol. The van der Waals surface area contributed by atoms with E-state index in [0.29, 0.717) is 49.1 Å². The van der Waals surface area contributed by atoms with Crippen molar-refractivity contribution in [3.8, 4) is 0 Å². The molecule has 3 aromatic rings. The molecule has 0 amide bonds. The van der Waals surface area contributed by atoms with E-state index in [-0.39, 0.29) is 15.9 Å². The lowest BCUT2D eigenvalue weighted by Crippen LogP contribution is -2.40. The smallest absolute Gasteiger partial charge is 0.243 e. The van der Waals surface area contributed by atoms with E-state index >= 15 is 0 Å². The van der Waals surface area contributed by atoms with Crippen molar-refractivity contribution in [2.24, 2.45) is 0 Å². The zero-order chi connectivity index (χ0) is 22.0. The minimum atomic E-state index is -3.59. The van der Waals surface area contributed by atoms with Gasteiger partial charge < -0.3 is 9.30 Å². The number of ether oxygens (including phenoxy) is 1. The standard InChI is InChI=1S/C22H25N3O4S2/c1-3-25-20-10-9-18(31(27,28)24-11-13-29-14-12-24)15-19(20)23-22(25)30-16(2)21(26)17-7-5-4-6-8-17/h4-10,15-16H,3,11-14H2,1-2H3/t16-/m1/s1. The number of benzene rings is 2. The van der Waals surface area contributed by atoms with Crippen LogP contribution in [-0.2, 0) is 21.3 Å². The Morgan fingerprint density at radius 1 is 1.16 bits per heavy atom. The minimum absolute atomic E-state index is 0.0379. The van der Waals surface area contributed by atoms with E-state index in [9.17, 15) is 13.2 Å². The molecule has 0 radical (unpaired) electrons. The molecule has 31 heavy (non-hydrogen) atoms. The van der Waals surface area contributed by atoms with Crippen molar-refractivity contribution in [2.45, 2.75) is 35.7 Å². The third-order valence-corrected chi connectivity index (χ3v) is 8.30. The van der Waals surface area contributed by atoms with E-state index < -0.39 is 10.0 Å². The van der Waals surface area contributed by atoms with Crippen LogP contribution >= 0.6 is 11.8 Å². The van der Waals surface area contributed by atoms with E-state index in [0.717, 1.165) is 5.52 Å². The van der Waals surface area contributed by atoms with Gasteiger partial charge in [0, 0.05) is 25.2 Å². The van der Waals surface area contributed by atoms with Crippen LogP contribution in [0.1, 0.15) is 24.2 Å². The molecule has 1 fully saturated rings. The second-order valence-electron chi connectivity index (χ2n) is 7.30. The largest absolute Gasteiger partial charge is 0.379 e. The molecule has 1 aliphatic heterocycles. The molecule has 2 heterocycles. The summed E-state index contributed by atoms with van der Waals surface area (Å²) in [5, 5.41) is 0.385. The summed E-state index contributed by atoms with van der Waals surface area (Å²) in [6.45, 7) is 6.05. The fourth-order valence-corrected chi connectivity index (χ4v) is 6.12. The molecule has 0 spiro atoms. The molecular weight excluding hydrogens is 434 g/mol. The molecule has 0 aliphatic carbocycles. The van der Waals surface area contributed by atoms with Crippen molar-refractivity contribution in [3.63, 3.8) is 0 Å². The SMILES string of the molecule is CCn1c(S[C@H](C)C(=O)c2ccccc2)nc2cc(S(=O)(=O)N3CCOCC3)ccc21. The van der Waals surface area contributed by atoms with Crippen LogP contribution in [0.5, 0.6) is 0 Å². The first-order chi connectivity index (χ1) is 14.9. The number of carbonyl (C=O) groups excluding carboxylic acids is 1. The summed E-state index contributed by atoms with van der Waals surface area (Å²) in [7, 11) is -3.59. The molecule has 164 valence electrons. The fraction of sp³-hybridized carbons (Fsp3) is 0.364. The molecule has 1 aliphatic rings. The number of rotatable bonds is 7. The number of sulfonamides is 1. The molecule has 4 rings (SSSR count). The molecule has 0 bridgehead atoms. The Balaban J connectivity index is 1.63. The van der Waals surface area contributed by atoms with Gasteiger partial charge in [0.25, 0.3) is 0 Å². The van der Waals surface area contributed by atoms with Gasteiger partial charge in [-0.2, -0.15) is 4.31 Å². The van der Waals surface area contributed by atoms with Gasteiger partial charge in [-0.25, -0.2) is 13.4 Å². The summed E-state index contributed by atoms with van der Waals surface area (Å²) in [4.78, 5) is 17.7. The number of carbonyl (C=O) groups is 1. The second kappa shape index (κ2) is 9.12. The Hall–Kier alpha value is -2.20. The van der Waals surface area contributed by atoms with Crippen LogP contribution in [0.25, 0.3) is 11.0 Å². The lowest BCUT2D eigenvalue weighted by atomic mass is 10.1. The van der Waals surface area contributed by atoms with Crippen LogP contribution in [0.4, 0.5) is 0 Å². The Morgan fingerprint density at radius 3 is 2.55 bits per heavy atom. The molecule has 9 heteroatoms. The quantitative estimate of drug-likeness (QED) is 0.398. The van der Waals surface area contributed by atoms with Gasteiger partial charge in [0.2, 0.25) is 10.0 Å². The monoisotopic (exact) mass is 459 g/mol. The molecular formula is C22H25N3O4S2. The highest BCUT2D eigenvalue weighted by Gasteiger charge is 2.27. The van der Waals surface area contributed by atoms with Gasteiger partial charge in [-0.05, 0) is 32.0 Å². The molecule has 0 N–H and O–H groups in total. The van der Waals surface area contributed by atoms with Crippen LogP contribution in [0.3, 0.4) is 0 Å². The summed E-state index contributed by atoms with van der Waals surface area (Å²) in [5.41, 5.74) is 2.13. The van der Waals surface area contributed by atoms with Gasteiger partial charge in [-0.3, -0.25) is 4.79 Å². The van der Waals surface area contributed by atoms with E-state index in [4.69, 9.17) is 4.74 Å². The van der Waals surface area contributed by atoms with Gasteiger partial charge in [0.1, 0.15) is 0 Å². The van der Waals surface area contributed by atoms with Crippen molar-refractivity contribution in [1.82, 2.24) is 13.9 Å². The Bertz CT molecular complexity index is 1190. The maximum Gasteiger partial charge on any atom is 0.243 e. The van der Waals surface area contributed by atoms with Crippen LogP contribution < -0.4 is 0 Å². The zero-order valence-electron chi connectivity index (χ0n) is 17.5. The van der Waals surface area contributed by atoms with Gasteiger partial charge in [-0.15, -0.1) is 0 Å². The first-order valence-corrected chi connectivity index (χ1v) is 12.6. The molecule has 1 atom stereocenters. The van der Waals surface area contributed by atoms with E-state index in [2.05, 4.69) is 4.98 Å². The number of aryl methyl sites for hydroxylation is 1. The molecule has 1 saturated heterocycles. The van der Waals surface area contributed by atoms with Gasteiger partial charge in [-0.1, -0.05) is 42.1 Å². The van der Waals surface area contributed by atoms with Crippen molar-refractivity contribution >= 4 is 38.6 Å². The minimum Gasteiger partial charge on any atom is -0.379 e. The Labute approximate surface area is 186 Å². The van der Waals surface area contributed by atoms with Gasteiger partial charge in [0.15, 0.2) is 10.9 Å². The molecule has 7 nitrogen and oxygen atoms in total. The number of aromatic nitrogens is 2. The number of ketones is 1. The number of nitrogens with zero attached hydrogens (tertiary/aromatic N) is 3. The number of hydrogen-bond donors (Lipinski definition) is 0. The molecule has 0 saturated carbocycles. The normalized spacial score (nSPS) is 16.5. The van der Waals surface area contributed by atoms with E-state index in [1.165, 1.54) is 16.1 Å². The summed E-state index contributed by atoms with van der Waals surface area (Å²) in [6.07, 6.45) is 0. The summed E-state index contributed by atoms with van der Waals surface area (Å²) in [6, 6.07) is 14.3. The van der Waals surface area contributed by atoms with Crippen LogP contribution in [0.2, 0.25) is 0 Å². The summed E-state index contributed by atoms with van der Waals surface area (Å²) in [5.74, 6) is 0.0379. The lowest BCUT2D eigenvalue weighted by Gasteiger charge is -2.26. The summed E-state index contributed by atoms with van der Waals surface area (Å²) < 4.78 is 34.7. The molecule has 2 aromatic carbocycles. The topological polar surface area (TPSA) is 81.5 Å². The van der Waals surface area contributed by atoms with Gasteiger partial charge in [0.05, 0.1) is 34.4 Å². The first kappa shape index (κ1) is 22.0. The highest BCUT2D eigenvalue weighted by Crippen LogP contribution is 2.30. The number of thioether (sulfide) groups is 1. The van der Waals surface area contributed by atoms with Crippen LogP contribution in [0, 0.1) is 0 Å². The number of morpholine rings is 1. The van der Waals surface area contributed by atoms with Gasteiger partial charge >= 0.3 is 0 Å². The highest BCUT2D eigenvalue weighted by molar-refractivity contribution is 8.00. The number of hydrogen-bond acceptors (Lipinski definition) is 6. The Kier molecular flexibility index (Phi) is 6.47.